The molecule has 6 nitrogen and oxygen atoms in total. The maximum Gasteiger partial charge on any atom is 0.224 e. The van der Waals surface area contributed by atoms with Crippen LogP contribution in [0.1, 0.15) is 52.0 Å². The van der Waals surface area contributed by atoms with Crippen molar-refractivity contribution in [1.29, 1.82) is 0 Å². The van der Waals surface area contributed by atoms with Gasteiger partial charge in [-0.25, -0.2) is 14.4 Å². The van der Waals surface area contributed by atoms with E-state index in [1.165, 1.54) is 25.3 Å². The summed E-state index contributed by atoms with van der Waals surface area (Å²) in [6.45, 7) is 4.12. The Bertz CT molecular complexity index is 929. The molecule has 0 saturated heterocycles. The monoisotopic (exact) mass is 368 g/mol. The van der Waals surface area contributed by atoms with Crippen LogP contribution < -0.4 is 10.6 Å². The molecule has 2 N–H and O–H groups in total. The summed E-state index contributed by atoms with van der Waals surface area (Å²) in [4.78, 5) is 13.7. The van der Waals surface area contributed by atoms with Crippen molar-refractivity contribution in [3.05, 3.63) is 36.3 Å². The third kappa shape index (κ3) is 3.72. The first-order chi connectivity index (χ1) is 13.1. The second-order valence-corrected chi connectivity index (χ2v) is 7.39. The number of anilines is 3. The van der Waals surface area contributed by atoms with E-state index in [-0.39, 0.29) is 11.9 Å². The summed E-state index contributed by atoms with van der Waals surface area (Å²) in [6.07, 6.45) is 7.86. The first kappa shape index (κ1) is 17.7. The molecule has 0 amide bonds. The van der Waals surface area contributed by atoms with Crippen molar-refractivity contribution in [2.75, 3.05) is 10.6 Å². The average molecular weight is 368 g/mol. The standard InChI is InChI=1S/C20H25FN6/c1-13(2)27-18-17(25-20(27)24-16-11-7-6-10-15(16)21)12-22-19(26-18)23-14-8-4-3-5-9-14/h6-7,10-14H,3-5,8-9H2,1-2H3,(H,24,25)(H,22,23,26). The number of fused-ring (bicyclic) bond motifs is 1. The van der Waals surface area contributed by atoms with Crippen molar-refractivity contribution >= 4 is 28.7 Å². The molecule has 1 saturated carbocycles. The SMILES string of the molecule is CC(C)n1c(Nc2ccccc2F)nc2cnc(NC3CCCCC3)nc21. The van der Waals surface area contributed by atoms with Crippen LogP contribution in [0.15, 0.2) is 30.5 Å². The Labute approximate surface area is 158 Å². The molecule has 0 bridgehead atoms. The van der Waals surface area contributed by atoms with E-state index < -0.39 is 0 Å². The molecule has 142 valence electrons. The van der Waals surface area contributed by atoms with Gasteiger partial charge in [-0.1, -0.05) is 31.4 Å². The Morgan fingerprint density at radius 2 is 1.89 bits per heavy atom. The highest BCUT2D eigenvalue weighted by Crippen LogP contribution is 2.27. The molecule has 1 aliphatic rings. The van der Waals surface area contributed by atoms with E-state index in [0.29, 0.717) is 29.1 Å². The molecule has 7 heteroatoms. The van der Waals surface area contributed by atoms with Crippen molar-refractivity contribution in [2.45, 2.75) is 58.0 Å². The average Bonchev–Trinajstić information content (AvgIpc) is 3.02. The summed E-state index contributed by atoms with van der Waals surface area (Å²) in [5.41, 5.74) is 1.83. The third-order valence-electron chi connectivity index (χ3n) is 5.01. The molecule has 1 aromatic carbocycles. The van der Waals surface area contributed by atoms with Crippen LogP contribution >= 0.6 is 0 Å². The van der Waals surface area contributed by atoms with Gasteiger partial charge in [-0.3, -0.25) is 4.57 Å². The number of rotatable bonds is 5. The van der Waals surface area contributed by atoms with Crippen molar-refractivity contribution in [3.63, 3.8) is 0 Å². The minimum atomic E-state index is -0.314. The van der Waals surface area contributed by atoms with Crippen molar-refractivity contribution < 1.29 is 4.39 Å². The molecule has 1 aliphatic carbocycles. The van der Waals surface area contributed by atoms with E-state index in [4.69, 9.17) is 4.98 Å². The van der Waals surface area contributed by atoms with Crippen molar-refractivity contribution in [1.82, 2.24) is 19.5 Å². The van der Waals surface area contributed by atoms with Gasteiger partial charge in [0.25, 0.3) is 0 Å². The summed E-state index contributed by atoms with van der Waals surface area (Å²) >= 11 is 0. The Morgan fingerprint density at radius 1 is 1.11 bits per heavy atom. The van der Waals surface area contributed by atoms with Gasteiger partial charge in [-0.05, 0) is 38.8 Å². The van der Waals surface area contributed by atoms with Gasteiger partial charge in [0.05, 0.1) is 11.9 Å². The normalized spacial score (nSPS) is 15.4. The second-order valence-electron chi connectivity index (χ2n) is 7.39. The van der Waals surface area contributed by atoms with Gasteiger partial charge in [-0.15, -0.1) is 0 Å². The fourth-order valence-corrected chi connectivity index (χ4v) is 3.65. The molecule has 4 rings (SSSR count). The molecule has 0 unspecified atom stereocenters. The Balaban J connectivity index is 1.68. The summed E-state index contributed by atoms with van der Waals surface area (Å²) in [5, 5.41) is 6.56. The van der Waals surface area contributed by atoms with Crippen LogP contribution in [0.25, 0.3) is 11.2 Å². The molecule has 0 spiro atoms. The van der Waals surface area contributed by atoms with E-state index in [9.17, 15) is 4.39 Å². The number of aromatic nitrogens is 4. The summed E-state index contributed by atoms with van der Waals surface area (Å²) < 4.78 is 16.0. The highest BCUT2D eigenvalue weighted by molar-refractivity contribution is 5.76. The maximum atomic E-state index is 14.1. The largest absolute Gasteiger partial charge is 0.351 e. The lowest BCUT2D eigenvalue weighted by molar-refractivity contribution is 0.461. The third-order valence-corrected chi connectivity index (χ3v) is 5.01. The topological polar surface area (TPSA) is 67.7 Å². The van der Waals surface area contributed by atoms with E-state index in [1.807, 2.05) is 4.57 Å². The highest BCUT2D eigenvalue weighted by atomic mass is 19.1. The predicted octanol–water partition coefficient (Wildman–Crippen LogP) is 5.03. The molecule has 2 heterocycles. The van der Waals surface area contributed by atoms with Gasteiger partial charge in [0.1, 0.15) is 11.3 Å². The molecule has 2 aromatic heterocycles. The zero-order valence-electron chi connectivity index (χ0n) is 15.7. The fourth-order valence-electron chi connectivity index (χ4n) is 3.65. The van der Waals surface area contributed by atoms with Gasteiger partial charge >= 0.3 is 0 Å². The Kier molecular flexibility index (Phi) is 4.92. The quantitative estimate of drug-likeness (QED) is 0.661. The summed E-state index contributed by atoms with van der Waals surface area (Å²) in [7, 11) is 0. The molecule has 27 heavy (non-hydrogen) atoms. The number of hydrogen-bond acceptors (Lipinski definition) is 5. The molecule has 0 aliphatic heterocycles. The van der Waals surface area contributed by atoms with Gasteiger partial charge in [0.2, 0.25) is 11.9 Å². The van der Waals surface area contributed by atoms with Gasteiger partial charge < -0.3 is 10.6 Å². The number of para-hydroxylation sites is 1. The molecular weight excluding hydrogens is 343 g/mol. The zero-order chi connectivity index (χ0) is 18.8. The number of hydrogen-bond donors (Lipinski definition) is 2. The number of halogens is 1. The minimum absolute atomic E-state index is 0.113. The smallest absolute Gasteiger partial charge is 0.224 e. The van der Waals surface area contributed by atoms with Gasteiger partial charge in [0.15, 0.2) is 5.65 Å². The van der Waals surface area contributed by atoms with Crippen molar-refractivity contribution in [3.8, 4) is 0 Å². The van der Waals surface area contributed by atoms with Crippen LogP contribution in [0.5, 0.6) is 0 Å². The summed E-state index contributed by atoms with van der Waals surface area (Å²) in [5.74, 6) is 0.883. The molecule has 0 radical (unpaired) electrons. The number of benzene rings is 1. The van der Waals surface area contributed by atoms with E-state index in [2.05, 4.69) is 34.4 Å². The molecular formula is C20H25FN6. The molecule has 1 fully saturated rings. The van der Waals surface area contributed by atoms with Crippen LogP contribution in [-0.4, -0.2) is 25.6 Å². The maximum absolute atomic E-state index is 14.1. The lowest BCUT2D eigenvalue weighted by Crippen LogP contribution is -2.23. The Morgan fingerprint density at radius 3 is 2.63 bits per heavy atom. The van der Waals surface area contributed by atoms with Crippen LogP contribution in [0.3, 0.4) is 0 Å². The van der Waals surface area contributed by atoms with Crippen molar-refractivity contribution in [2.24, 2.45) is 0 Å². The van der Waals surface area contributed by atoms with E-state index in [1.54, 1.807) is 24.4 Å². The van der Waals surface area contributed by atoms with Crippen LogP contribution in [-0.2, 0) is 0 Å². The van der Waals surface area contributed by atoms with Crippen LogP contribution in [0.2, 0.25) is 0 Å². The van der Waals surface area contributed by atoms with E-state index >= 15 is 0 Å². The van der Waals surface area contributed by atoms with Gasteiger partial charge in [-0.2, -0.15) is 4.98 Å². The second kappa shape index (κ2) is 7.50. The minimum Gasteiger partial charge on any atom is -0.351 e. The van der Waals surface area contributed by atoms with Crippen LogP contribution in [0.4, 0.5) is 22.0 Å². The molecule has 3 aromatic rings. The first-order valence-corrected chi connectivity index (χ1v) is 9.65. The first-order valence-electron chi connectivity index (χ1n) is 9.65. The zero-order valence-corrected chi connectivity index (χ0v) is 15.7. The Hall–Kier alpha value is -2.70. The highest BCUT2D eigenvalue weighted by Gasteiger charge is 2.19. The number of nitrogens with zero attached hydrogens (tertiary/aromatic N) is 4. The predicted molar refractivity (Wildman–Crippen MR) is 106 cm³/mol. The van der Waals surface area contributed by atoms with Gasteiger partial charge in [0, 0.05) is 12.1 Å². The number of nitrogens with one attached hydrogen (secondary N) is 2. The number of imidazole rings is 1. The fraction of sp³-hybridized carbons (Fsp3) is 0.450. The van der Waals surface area contributed by atoms with E-state index in [0.717, 1.165) is 18.5 Å². The van der Waals surface area contributed by atoms with Crippen LogP contribution in [0, 0.1) is 5.82 Å². The molecule has 0 atom stereocenters. The lowest BCUT2D eigenvalue weighted by atomic mass is 9.96. The summed E-state index contributed by atoms with van der Waals surface area (Å²) in [6, 6.07) is 7.13. The lowest BCUT2D eigenvalue weighted by Gasteiger charge is -2.22.